The number of nitrogens with zero attached hydrogens (tertiary/aromatic N) is 3. The number of esters is 1. The maximum absolute atomic E-state index is 11.5. The number of carbonyl (C=O) groups is 1. The highest BCUT2D eigenvalue weighted by molar-refractivity contribution is 5.86. The Morgan fingerprint density at radius 1 is 0.789 bits per heavy atom. The number of carbonyl (C=O) groups excluding carboxylic acids is 1. The van der Waals surface area contributed by atoms with E-state index in [1.54, 1.807) is 33.3 Å². The van der Waals surface area contributed by atoms with Gasteiger partial charge in [-0.05, 0) is 43.3 Å². The number of benzene rings is 3. The van der Waals surface area contributed by atoms with Gasteiger partial charge in [-0.2, -0.15) is 0 Å². The van der Waals surface area contributed by atoms with Gasteiger partial charge in [-0.25, -0.2) is 19.7 Å². The van der Waals surface area contributed by atoms with Crippen molar-refractivity contribution in [3.8, 4) is 57.2 Å². The molecule has 4 rings (SSSR count). The predicted octanol–water partition coefficient (Wildman–Crippen LogP) is 5.09. The molecular weight excluding hydrogens is 486 g/mol. The summed E-state index contributed by atoms with van der Waals surface area (Å²) in [5.41, 5.74) is 2.02. The minimum absolute atomic E-state index is 0.0478. The second-order valence-corrected chi connectivity index (χ2v) is 8.15. The Labute approximate surface area is 220 Å². The number of ether oxygens (including phenoxy) is 4. The smallest absolute Gasteiger partial charge is 0.333 e. The van der Waals surface area contributed by atoms with Crippen molar-refractivity contribution in [2.75, 3.05) is 27.4 Å². The molecule has 0 saturated heterocycles. The molecule has 0 spiro atoms. The fourth-order valence-corrected chi connectivity index (χ4v) is 3.60. The molecule has 3 aromatic carbocycles. The normalized spacial score (nSPS) is 10.5. The van der Waals surface area contributed by atoms with Gasteiger partial charge in [0.05, 0.1) is 30.9 Å². The molecule has 0 aliphatic heterocycles. The Morgan fingerprint density at radius 3 is 1.82 bits per heavy atom. The van der Waals surface area contributed by atoms with Crippen LogP contribution in [0.1, 0.15) is 6.92 Å². The van der Waals surface area contributed by atoms with E-state index in [-0.39, 0.29) is 24.8 Å². The van der Waals surface area contributed by atoms with Crippen molar-refractivity contribution in [1.82, 2.24) is 15.0 Å². The van der Waals surface area contributed by atoms with Gasteiger partial charge < -0.3 is 24.1 Å². The molecule has 9 heteroatoms. The van der Waals surface area contributed by atoms with Gasteiger partial charge in [-0.15, -0.1) is 0 Å². The van der Waals surface area contributed by atoms with Gasteiger partial charge in [0.1, 0.15) is 36.2 Å². The van der Waals surface area contributed by atoms with Crippen molar-refractivity contribution in [3.63, 3.8) is 0 Å². The van der Waals surface area contributed by atoms with E-state index in [1.165, 1.54) is 6.07 Å². The number of phenols is 1. The van der Waals surface area contributed by atoms with E-state index < -0.39 is 5.97 Å². The Bertz CT molecular complexity index is 1400. The van der Waals surface area contributed by atoms with Crippen LogP contribution < -0.4 is 14.2 Å². The molecule has 0 bridgehead atoms. The summed E-state index contributed by atoms with van der Waals surface area (Å²) in [6.45, 7) is 5.26. The topological polar surface area (TPSA) is 113 Å². The summed E-state index contributed by atoms with van der Waals surface area (Å²) in [6.07, 6.45) is 0. The highest BCUT2D eigenvalue weighted by Gasteiger charge is 2.19. The highest BCUT2D eigenvalue weighted by atomic mass is 16.6. The number of rotatable bonds is 10. The average Bonchev–Trinajstić information content (AvgIpc) is 2.94. The number of hydrogen-bond acceptors (Lipinski definition) is 9. The Morgan fingerprint density at radius 2 is 1.32 bits per heavy atom. The van der Waals surface area contributed by atoms with Crippen LogP contribution in [-0.4, -0.2) is 53.5 Å². The van der Waals surface area contributed by atoms with Gasteiger partial charge in [0.25, 0.3) is 0 Å². The lowest BCUT2D eigenvalue weighted by molar-refractivity contribution is -0.139. The third-order valence-electron chi connectivity index (χ3n) is 5.47. The Balaban J connectivity index is 1.71. The monoisotopic (exact) mass is 513 g/mol. The molecule has 1 heterocycles. The van der Waals surface area contributed by atoms with Crippen molar-refractivity contribution in [2.24, 2.45) is 0 Å². The van der Waals surface area contributed by atoms with Crippen LogP contribution in [0, 0.1) is 0 Å². The summed E-state index contributed by atoms with van der Waals surface area (Å²) in [4.78, 5) is 25.5. The zero-order valence-electron chi connectivity index (χ0n) is 21.3. The molecule has 0 unspecified atom stereocenters. The fourth-order valence-electron chi connectivity index (χ4n) is 3.60. The quantitative estimate of drug-likeness (QED) is 0.176. The fraction of sp³-hybridized carbons (Fsp3) is 0.172. The van der Waals surface area contributed by atoms with Gasteiger partial charge in [-0.3, -0.25) is 0 Å². The molecule has 0 fully saturated rings. The lowest BCUT2D eigenvalue weighted by atomic mass is 10.1. The lowest BCUT2D eigenvalue weighted by Gasteiger charge is -2.13. The van der Waals surface area contributed by atoms with Gasteiger partial charge >= 0.3 is 5.97 Å². The van der Waals surface area contributed by atoms with E-state index in [0.717, 1.165) is 0 Å². The second-order valence-electron chi connectivity index (χ2n) is 8.15. The second kappa shape index (κ2) is 11.9. The molecule has 194 valence electrons. The van der Waals surface area contributed by atoms with Crippen LogP contribution in [-0.2, 0) is 9.53 Å². The third-order valence-corrected chi connectivity index (χ3v) is 5.47. The molecule has 1 N–H and O–H groups in total. The first-order valence-electron chi connectivity index (χ1n) is 11.7. The maximum Gasteiger partial charge on any atom is 0.333 e. The van der Waals surface area contributed by atoms with Crippen LogP contribution in [0.2, 0.25) is 0 Å². The number of para-hydroxylation sites is 2. The molecule has 0 aliphatic carbocycles. The molecule has 0 amide bonds. The standard InChI is InChI=1S/C29H27N3O6/c1-18(2)29(34)38-16-15-37-19-13-14-20(23(33)17-19)26-30-27(21-9-5-7-11-24(21)35-3)32-28(31-26)22-10-6-8-12-25(22)36-4/h5-14,17,33H,1,15-16H2,2-4H3. The van der Waals surface area contributed by atoms with Crippen LogP contribution in [0.4, 0.5) is 0 Å². The minimum atomic E-state index is -0.488. The first kappa shape index (κ1) is 26.2. The first-order chi connectivity index (χ1) is 18.4. The number of hydrogen-bond donors (Lipinski definition) is 1. The first-order valence-corrected chi connectivity index (χ1v) is 11.7. The van der Waals surface area contributed by atoms with Crippen molar-refractivity contribution < 1.29 is 28.8 Å². The summed E-state index contributed by atoms with van der Waals surface area (Å²) >= 11 is 0. The van der Waals surface area contributed by atoms with E-state index in [2.05, 4.69) is 16.5 Å². The molecule has 1 aromatic heterocycles. The van der Waals surface area contributed by atoms with Crippen LogP contribution >= 0.6 is 0 Å². The van der Waals surface area contributed by atoms with E-state index in [4.69, 9.17) is 23.9 Å². The van der Waals surface area contributed by atoms with E-state index in [9.17, 15) is 9.90 Å². The van der Waals surface area contributed by atoms with E-state index in [1.807, 2.05) is 48.5 Å². The SMILES string of the molecule is C=C(C)C(=O)OCCOc1ccc(-c2nc(-c3ccccc3OC)nc(-c3ccccc3OC)n2)c(O)c1. The number of methoxy groups -OCH3 is 2. The number of aromatic hydroxyl groups is 1. The molecule has 0 saturated carbocycles. The molecular formula is C29H27N3O6. The van der Waals surface area contributed by atoms with Gasteiger partial charge in [-0.1, -0.05) is 30.8 Å². The molecule has 4 aromatic rings. The summed E-state index contributed by atoms with van der Waals surface area (Å²) in [6, 6.07) is 19.5. The molecule has 0 aliphatic rings. The zero-order valence-corrected chi connectivity index (χ0v) is 21.3. The molecule has 9 nitrogen and oxygen atoms in total. The molecule has 0 atom stereocenters. The van der Waals surface area contributed by atoms with Gasteiger partial charge in [0.2, 0.25) is 0 Å². The number of aromatic nitrogens is 3. The van der Waals surface area contributed by atoms with Gasteiger partial charge in [0, 0.05) is 11.6 Å². The van der Waals surface area contributed by atoms with Crippen LogP contribution in [0.25, 0.3) is 34.2 Å². The van der Waals surface area contributed by atoms with Crippen LogP contribution in [0.15, 0.2) is 78.9 Å². The lowest BCUT2D eigenvalue weighted by Crippen LogP contribution is -2.12. The summed E-state index contributed by atoms with van der Waals surface area (Å²) < 4.78 is 21.7. The Kier molecular flexibility index (Phi) is 8.17. The van der Waals surface area contributed by atoms with Crippen molar-refractivity contribution in [2.45, 2.75) is 6.92 Å². The largest absolute Gasteiger partial charge is 0.507 e. The zero-order chi connectivity index (χ0) is 27.1. The summed E-state index contributed by atoms with van der Waals surface area (Å²) in [5.74, 6) is 1.98. The van der Waals surface area contributed by atoms with Gasteiger partial charge in [0.15, 0.2) is 17.5 Å². The van der Waals surface area contributed by atoms with Crippen molar-refractivity contribution >= 4 is 5.97 Å². The Hall–Kier alpha value is -4.92. The molecule has 0 radical (unpaired) electrons. The van der Waals surface area contributed by atoms with E-state index in [0.29, 0.717) is 51.2 Å². The van der Waals surface area contributed by atoms with Crippen LogP contribution in [0.5, 0.6) is 23.0 Å². The summed E-state index contributed by atoms with van der Waals surface area (Å²) in [5, 5.41) is 10.9. The van der Waals surface area contributed by atoms with Crippen LogP contribution in [0.3, 0.4) is 0 Å². The third kappa shape index (κ3) is 5.89. The predicted molar refractivity (Wildman–Crippen MR) is 142 cm³/mol. The van der Waals surface area contributed by atoms with E-state index >= 15 is 0 Å². The maximum atomic E-state index is 11.5. The average molecular weight is 514 g/mol. The summed E-state index contributed by atoms with van der Waals surface area (Å²) in [7, 11) is 3.15. The minimum Gasteiger partial charge on any atom is -0.507 e. The molecule has 38 heavy (non-hydrogen) atoms. The number of phenolic OH excluding ortho intramolecular Hbond substituents is 1. The highest BCUT2D eigenvalue weighted by Crippen LogP contribution is 2.36. The van der Waals surface area contributed by atoms with Crippen molar-refractivity contribution in [1.29, 1.82) is 0 Å². The van der Waals surface area contributed by atoms with Crippen molar-refractivity contribution in [3.05, 3.63) is 78.9 Å².